The van der Waals surface area contributed by atoms with Crippen LogP contribution in [0.3, 0.4) is 0 Å². The molecular weight excluding hydrogens is 236 g/mol. The second kappa shape index (κ2) is 5.92. The van der Waals surface area contributed by atoms with Crippen LogP contribution < -0.4 is 0 Å². The summed E-state index contributed by atoms with van der Waals surface area (Å²) >= 11 is 0. The van der Waals surface area contributed by atoms with Gasteiger partial charge in [-0.1, -0.05) is 13.8 Å². The van der Waals surface area contributed by atoms with Crippen LogP contribution in [0.25, 0.3) is 0 Å². The number of piperidine rings is 1. The molecule has 3 heteroatoms. The molecule has 1 atom stereocenters. The molecule has 1 heterocycles. The van der Waals surface area contributed by atoms with E-state index in [9.17, 15) is 4.79 Å². The molecule has 110 valence electrons. The lowest BCUT2D eigenvalue weighted by molar-refractivity contribution is -0.128. The topological polar surface area (TPSA) is 23.6 Å². The Bertz CT molecular complexity index is 319. The van der Waals surface area contributed by atoms with Crippen LogP contribution in [-0.4, -0.2) is 55.4 Å². The molecule has 3 nitrogen and oxygen atoms in total. The Morgan fingerprint density at radius 2 is 1.95 bits per heavy atom. The fraction of sp³-hybridized carbons (Fsp3) is 0.938. The summed E-state index contributed by atoms with van der Waals surface area (Å²) in [6, 6.07) is 0.675. The molecule has 1 unspecified atom stereocenters. The van der Waals surface area contributed by atoms with E-state index < -0.39 is 0 Å². The number of hydrogen-bond donors (Lipinski definition) is 0. The van der Waals surface area contributed by atoms with E-state index in [2.05, 4.69) is 37.7 Å². The van der Waals surface area contributed by atoms with Crippen molar-refractivity contribution in [1.29, 1.82) is 0 Å². The number of nitrogens with zero attached hydrogens (tertiary/aromatic N) is 2. The van der Waals surface area contributed by atoms with Crippen molar-refractivity contribution in [1.82, 2.24) is 9.80 Å². The van der Waals surface area contributed by atoms with Crippen molar-refractivity contribution in [3.8, 4) is 0 Å². The molecule has 0 aromatic rings. The summed E-state index contributed by atoms with van der Waals surface area (Å²) < 4.78 is 0. The van der Waals surface area contributed by atoms with Gasteiger partial charge in [-0.15, -0.1) is 0 Å². The van der Waals surface area contributed by atoms with Crippen molar-refractivity contribution < 1.29 is 4.79 Å². The number of rotatable bonds is 3. The normalized spacial score (nSPS) is 29.9. The average molecular weight is 266 g/mol. The molecule has 0 aromatic heterocycles. The summed E-state index contributed by atoms with van der Waals surface area (Å²) in [4.78, 5) is 17.0. The molecule has 0 radical (unpaired) electrons. The monoisotopic (exact) mass is 266 g/mol. The van der Waals surface area contributed by atoms with Gasteiger partial charge in [-0.2, -0.15) is 0 Å². The zero-order valence-corrected chi connectivity index (χ0v) is 13.1. The molecule has 0 spiro atoms. The van der Waals surface area contributed by atoms with E-state index in [4.69, 9.17) is 0 Å². The minimum absolute atomic E-state index is 0.272. The second-order valence-electron chi connectivity index (χ2n) is 7.51. The minimum Gasteiger partial charge on any atom is -0.306 e. The SMILES string of the molecule is CN1CCC(N(C)CC2CC(C)(C)CCC2=O)CC1. The molecular formula is C16H30N2O. The molecule has 2 fully saturated rings. The fourth-order valence-electron chi connectivity index (χ4n) is 3.65. The molecule has 0 aromatic carbocycles. The largest absolute Gasteiger partial charge is 0.306 e. The van der Waals surface area contributed by atoms with Crippen LogP contribution in [0, 0.1) is 11.3 Å². The van der Waals surface area contributed by atoms with Gasteiger partial charge in [-0.25, -0.2) is 0 Å². The van der Waals surface area contributed by atoms with Crippen molar-refractivity contribution in [3.63, 3.8) is 0 Å². The molecule has 19 heavy (non-hydrogen) atoms. The van der Waals surface area contributed by atoms with Crippen molar-refractivity contribution in [2.75, 3.05) is 33.7 Å². The first-order valence-corrected chi connectivity index (χ1v) is 7.79. The smallest absolute Gasteiger partial charge is 0.137 e. The van der Waals surface area contributed by atoms with Crippen LogP contribution in [0.1, 0.15) is 46.0 Å². The molecule has 2 aliphatic rings. The Morgan fingerprint density at radius 1 is 1.32 bits per heavy atom. The number of carbonyl (C=O) groups excluding carboxylic acids is 1. The zero-order valence-electron chi connectivity index (χ0n) is 13.1. The zero-order chi connectivity index (χ0) is 14.0. The maximum atomic E-state index is 12.1. The van der Waals surface area contributed by atoms with Crippen LogP contribution in [0.5, 0.6) is 0 Å². The van der Waals surface area contributed by atoms with Gasteiger partial charge in [0.1, 0.15) is 5.78 Å². The predicted octanol–water partition coefficient (Wildman–Crippen LogP) is 2.41. The molecule has 1 saturated carbocycles. The quantitative estimate of drug-likeness (QED) is 0.784. The van der Waals surface area contributed by atoms with Crippen LogP contribution >= 0.6 is 0 Å². The van der Waals surface area contributed by atoms with Crippen LogP contribution in [-0.2, 0) is 4.79 Å². The number of hydrogen-bond acceptors (Lipinski definition) is 3. The molecule has 1 aliphatic carbocycles. The highest BCUT2D eigenvalue weighted by molar-refractivity contribution is 5.82. The third kappa shape index (κ3) is 4.03. The standard InChI is InChI=1S/C16H30N2O/c1-16(2)8-5-15(19)13(11-16)12-18(4)14-6-9-17(3)10-7-14/h13-14H,5-12H2,1-4H3. The molecule has 0 N–H and O–H groups in total. The van der Waals surface area contributed by atoms with Gasteiger partial charge in [-0.05, 0) is 58.3 Å². The summed E-state index contributed by atoms with van der Waals surface area (Å²) in [5.74, 6) is 0.771. The van der Waals surface area contributed by atoms with Gasteiger partial charge in [0.2, 0.25) is 0 Å². The maximum absolute atomic E-state index is 12.1. The first-order chi connectivity index (χ1) is 8.87. The molecule has 1 aliphatic heterocycles. The number of carbonyl (C=O) groups is 1. The van der Waals surface area contributed by atoms with Crippen LogP contribution in [0.4, 0.5) is 0 Å². The van der Waals surface area contributed by atoms with Crippen molar-refractivity contribution >= 4 is 5.78 Å². The van der Waals surface area contributed by atoms with Gasteiger partial charge in [-0.3, -0.25) is 4.79 Å². The first kappa shape index (κ1) is 15.0. The van der Waals surface area contributed by atoms with Crippen molar-refractivity contribution in [3.05, 3.63) is 0 Å². The van der Waals surface area contributed by atoms with Gasteiger partial charge in [0.25, 0.3) is 0 Å². The highest BCUT2D eigenvalue weighted by Crippen LogP contribution is 2.37. The van der Waals surface area contributed by atoms with E-state index >= 15 is 0 Å². The Labute approximate surface area is 118 Å². The summed E-state index contributed by atoms with van der Waals surface area (Å²) in [5, 5.41) is 0. The Kier molecular flexibility index (Phi) is 4.67. The first-order valence-electron chi connectivity index (χ1n) is 7.79. The minimum atomic E-state index is 0.272. The summed E-state index contributed by atoms with van der Waals surface area (Å²) in [6.45, 7) is 7.97. The van der Waals surface area contributed by atoms with Gasteiger partial charge >= 0.3 is 0 Å². The van der Waals surface area contributed by atoms with Gasteiger partial charge in [0, 0.05) is 24.9 Å². The molecule has 2 rings (SSSR count). The van der Waals surface area contributed by atoms with E-state index in [1.807, 2.05) is 0 Å². The summed E-state index contributed by atoms with van der Waals surface area (Å²) in [7, 11) is 4.41. The van der Waals surface area contributed by atoms with E-state index in [0.717, 1.165) is 25.8 Å². The Balaban J connectivity index is 1.87. The van der Waals surface area contributed by atoms with Crippen LogP contribution in [0.2, 0.25) is 0 Å². The number of ketones is 1. The Morgan fingerprint density at radius 3 is 2.58 bits per heavy atom. The van der Waals surface area contributed by atoms with Gasteiger partial charge < -0.3 is 9.80 Å². The van der Waals surface area contributed by atoms with E-state index in [0.29, 0.717) is 17.2 Å². The number of Topliss-reactive ketones (excluding diaryl/α,β-unsaturated/α-hetero) is 1. The van der Waals surface area contributed by atoms with E-state index in [1.54, 1.807) is 0 Å². The molecule has 0 amide bonds. The third-order valence-corrected chi connectivity index (χ3v) is 5.12. The van der Waals surface area contributed by atoms with E-state index in [-0.39, 0.29) is 5.92 Å². The van der Waals surface area contributed by atoms with Crippen molar-refractivity contribution in [2.45, 2.75) is 52.0 Å². The van der Waals surface area contributed by atoms with Crippen molar-refractivity contribution in [2.24, 2.45) is 11.3 Å². The summed E-state index contributed by atoms with van der Waals surface area (Å²) in [6.07, 6.45) is 5.43. The molecule has 1 saturated heterocycles. The Hall–Kier alpha value is -0.410. The second-order valence-corrected chi connectivity index (χ2v) is 7.51. The fourth-order valence-corrected chi connectivity index (χ4v) is 3.65. The van der Waals surface area contributed by atoms with E-state index in [1.165, 1.54) is 25.9 Å². The lowest BCUT2D eigenvalue weighted by Gasteiger charge is -2.40. The summed E-state index contributed by atoms with van der Waals surface area (Å²) in [5.41, 5.74) is 0.353. The van der Waals surface area contributed by atoms with Gasteiger partial charge in [0.15, 0.2) is 0 Å². The van der Waals surface area contributed by atoms with Crippen LogP contribution in [0.15, 0.2) is 0 Å². The predicted molar refractivity (Wildman–Crippen MR) is 79.3 cm³/mol. The lowest BCUT2D eigenvalue weighted by Crippen LogP contribution is -2.45. The highest BCUT2D eigenvalue weighted by Gasteiger charge is 2.35. The third-order valence-electron chi connectivity index (χ3n) is 5.12. The maximum Gasteiger partial charge on any atom is 0.137 e. The van der Waals surface area contributed by atoms with Gasteiger partial charge in [0.05, 0.1) is 0 Å². The average Bonchev–Trinajstić information content (AvgIpc) is 2.34. The highest BCUT2D eigenvalue weighted by atomic mass is 16.1. The lowest BCUT2D eigenvalue weighted by atomic mass is 9.71. The number of likely N-dealkylation sites (tertiary alicyclic amines) is 1. The molecule has 0 bridgehead atoms.